The number of hydrogen-bond acceptors (Lipinski definition) is 3. The lowest BCUT2D eigenvalue weighted by atomic mass is 10.1. The van der Waals surface area contributed by atoms with Gasteiger partial charge in [0.15, 0.2) is 0 Å². The van der Waals surface area contributed by atoms with Gasteiger partial charge in [0.2, 0.25) is 5.91 Å². The van der Waals surface area contributed by atoms with E-state index < -0.39 is 5.91 Å². The van der Waals surface area contributed by atoms with Crippen molar-refractivity contribution in [2.45, 2.75) is 18.4 Å². The third-order valence-corrected chi connectivity index (χ3v) is 3.61. The van der Waals surface area contributed by atoms with E-state index in [0.717, 1.165) is 17.8 Å². The predicted octanol–water partition coefficient (Wildman–Crippen LogP) is 2.77. The molecule has 0 saturated heterocycles. The maximum atomic E-state index is 11.1. The smallest absolute Gasteiger partial charge is 0.248 e. The van der Waals surface area contributed by atoms with E-state index in [0.29, 0.717) is 17.5 Å². The van der Waals surface area contributed by atoms with Crippen LogP contribution in [0.1, 0.15) is 28.3 Å². The van der Waals surface area contributed by atoms with Crippen molar-refractivity contribution in [2.75, 3.05) is 5.32 Å². The van der Waals surface area contributed by atoms with E-state index in [1.54, 1.807) is 18.2 Å². The van der Waals surface area contributed by atoms with Crippen molar-refractivity contribution in [3.05, 3.63) is 59.7 Å². The van der Waals surface area contributed by atoms with Crippen LogP contribution in [0.25, 0.3) is 0 Å². The molecule has 0 aromatic heterocycles. The zero-order chi connectivity index (χ0) is 14.1. The Bertz CT molecular complexity index is 642. The number of halogens is 1. The van der Waals surface area contributed by atoms with Gasteiger partial charge in [-0.3, -0.25) is 4.79 Å². The third kappa shape index (κ3) is 3.54. The van der Waals surface area contributed by atoms with Crippen LogP contribution in [0.2, 0.25) is 0 Å². The molecule has 2 unspecified atom stereocenters. The van der Waals surface area contributed by atoms with E-state index in [2.05, 4.69) is 17.4 Å². The number of primary amides is 1. The number of nitrogens with two attached hydrogens (primary N) is 2. The van der Waals surface area contributed by atoms with Gasteiger partial charge in [-0.1, -0.05) is 18.2 Å². The Labute approximate surface area is 129 Å². The van der Waals surface area contributed by atoms with Crippen LogP contribution in [0.15, 0.2) is 48.5 Å². The Balaban J connectivity index is 0.00000161. The SMILES string of the molecule is Cl.NC(=O)c1cccc(Nc2ccc(C3CC3N)cc2)c1. The summed E-state index contributed by atoms with van der Waals surface area (Å²) in [6.45, 7) is 0. The molecular formula is C16H18ClN3O. The molecular weight excluding hydrogens is 286 g/mol. The maximum Gasteiger partial charge on any atom is 0.248 e. The number of benzene rings is 2. The van der Waals surface area contributed by atoms with Gasteiger partial charge >= 0.3 is 0 Å². The fourth-order valence-electron chi connectivity index (χ4n) is 2.33. The van der Waals surface area contributed by atoms with Crippen molar-refractivity contribution in [3.8, 4) is 0 Å². The molecule has 0 bridgehead atoms. The molecule has 5 heteroatoms. The van der Waals surface area contributed by atoms with Gasteiger partial charge in [-0.05, 0) is 42.3 Å². The lowest BCUT2D eigenvalue weighted by Crippen LogP contribution is -2.10. The monoisotopic (exact) mass is 303 g/mol. The Morgan fingerprint density at radius 3 is 2.33 bits per heavy atom. The van der Waals surface area contributed by atoms with E-state index in [1.165, 1.54) is 5.56 Å². The Kier molecular flexibility index (Phi) is 4.50. The number of anilines is 2. The predicted molar refractivity (Wildman–Crippen MR) is 87.3 cm³/mol. The molecule has 21 heavy (non-hydrogen) atoms. The summed E-state index contributed by atoms with van der Waals surface area (Å²) in [4.78, 5) is 11.1. The second-order valence-corrected chi connectivity index (χ2v) is 5.20. The summed E-state index contributed by atoms with van der Waals surface area (Å²) in [7, 11) is 0. The number of rotatable bonds is 4. The number of carbonyl (C=O) groups excluding carboxylic acids is 1. The summed E-state index contributed by atoms with van der Waals surface area (Å²) in [5.41, 5.74) is 14.7. The van der Waals surface area contributed by atoms with E-state index >= 15 is 0 Å². The molecule has 2 atom stereocenters. The van der Waals surface area contributed by atoms with Gasteiger partial charge < -0.3 is 16.8 Å². The molecule has 1 fully saturated rings. The van der Waals surface area contributed by atoms with Gasteiger partial charge in [0.05, 0.1) is 0 Å². The third-order valence-electron chi connectivity index (χ3n) is 3.61. The van der Waals surface area contributed by atoms with Crippen molar-refractivity contribution in [1.82, 2.24) is 0 Å². The highest BCUT2D eigenvalue weighted by atomic mass is 35.5. The summed E-state index contributed by atoms with van der Waals surface area (Å²) in [5.74, 6) is 0.0916. The normalized spacial score (nSPS) is 19.5. The van der Waals surface area contributed by atoms with Crippen LogP contribution in [0.5, 0.6) is 0 Å². The minimum absolute atomic E-state index is 0. The second kappa shape index (κ2) is 6.16. The molecule has 1 aliphatic rings. The largest absolute Gasteiger partial charge is 0.366 e. The number of amides is 1. The first kappa shape index (κ1) is 15.4. The number of nitrogens with one attached hydrogen (secondary N) is 1. The molecule has 110 valence electrons. The van der Waals surface area contributed by atoms with Crippen LogP contribution in [0.4, 0.5) is 11.4 Å². The summed E-state index contributed by atoms with van der Waals surface area (Å²) in [6, 6.07) is 15.7. The zero-order valence-electron chi connectivity index (χ0n) is 11.5. The van der Waals surface area contributed by atoms with Crippen molar-refractivity contribution in [2.24, 2.45) is 11.5 Å². The van der Waals surface area contributed by atoms with Gasteiger partial charge in [-0.25, -0.2) is 0 Å². The highest BCUT2D eigenvalue weighted by molar-refractivity contribution is 5.93. The van der Waals surface area contributed by atoms with E-state index in [4.69, 9.17) is 11.5 Å². The van der Waals surface area contributed by atoms with Crippen LogP contribution in [-0.2, 0) is 0 Å². The van der Waals surface area contributed by atoms with Crippen molar-refractivity contribution >= 4 is 29.7 Å². The summed E-state index contributed by atoms with van der Waals surface area (Å²) >= 11 is 0. The highest BCUT2D eigenvalue weighted by Crippen LogP contribution is 2.39. The summed E-state index contributed by atoms with van der Waals surface area (Å²) < 4.78 is 0. The van der Waals surface area contributed by atoms with Gasteiger partial charge in [0.25, 0.3) is 0 Å². The lowest BCUT2D eigenvalue weighted by Gasteiger charge is -2.08. The van der Waals surface area contributed by atoms with Crippen LogP contribution in [-0.4, -0.2) is 11.9 Å². The minimum atomic E-state index is -0.424. The molecule has 0 spiro atoms. The second-order valence-electron chi connectivity index (χ2n) is 5.20. The Hall–Kier alpha value is -2.04. The minimum Gasteiger partial charge on any atom is -0.366 e. The standard InChI is InChI=1S/C16H17N3O.ClH/c17-15-9-14(15)10-4-6-12(7-5-10)19-13-3-1-2-11(8-13)16(18)20;/h1-8,14-15,19H,9,17H2,(H2,18,20);1H. The first-order valence-corrected chi connectivity index (χ1v) is 6.66. The van der Waals surface area contributed by atoms with E-state index in [1.807, 2.05) is 18.2 Å². The quantitative estimate of drug-likeness (QED) is 0.812. The van der Waals surface area contributed by atoms with Crippen molar-refractivity contribution in [3.63, 3.8) is 0 Å². The molecule has 0 radical (unpaired) electrons. The van der Waals surface area contributed by atoms with Crippen LogP contribution in [0.3, 0.4) is 0 Å². The van der Waals surface area contributed by atoms with Gasteiger partial charge in [0, 0.05) is 28.9 Å². The molecule has 1 aliphatic carbocycles. The molecule has 4 nitrogen and oxygen atoms in total. The average Bonchev–Trinajstić information content (AvgIpc) is 3.17. The molecule has 0 heterocycles. The van der Waals surface area contributed by atoms with Crippen LogP contribution < -0.4 is 16.8 Å². The highest BCUT2D eigenvalue weighted by Gasteiger charge is 2.34. The topological polar surface area (TPSA) is 81.1 Å². The lowest BCUT2D eigenvalue weighted by molar-refractivity contribution is 0.100. The van der Waals surface area contributed by atoms with E-state index in [-0.39, 0.29) is 12.4 Å². The molecule has 0 aliphatic heterocycles. The molecule has 1 amide bonds. The van der Waals surface area contributed by atoms with Gasteiger partial charge in [-0.15, -0.1) is 12.4 Å². The fraction of sp³-hybridized carbons (Fsp3) is 0.188. The average molecular weight is 304 g/mol. The zero-order valence-corrected chi connectivity index (χ0v) is 12.3. The number of carbonyl (C=O) groups is 1. The Morgan fingerprint density at radius 2 is 1.76 bits per heavy atom. The molecule has 5 N–H and O–H groups in total. The first-order valence-electron chi connectivity index (χ1n) is 6.66. The van der Waals surface area contributed by atoms with Crippen molar-refractivity contribution < 1.29 is 4.79 Å². The number of hydrogen-bond donors (Lipinski definition) is 3. The van der Waals surface area contributed by atoms with Gasteiger partial charge in [-0.2, -0.15) is 0 Å². The fourth-order valence-corrected chi connectivity index (χ4v) is 2.33. The molecule has 2 aromatic rings. The molecule has 3 rings (SSSR count). The maximum absolute atomic E-state index is 11.1. The van der Waals surface area contributed by atoms with Crippen molar-refractivity contribution in [1.29, 1.82) is 0 Å². The van der Waals surface area contributed by atoms with Crippen LogP contribution >= 0.6 is 12.4 Å². The summed E-state index contributed by atoms with van der Waals surface area (Å²) in [5, 5.41) is 3.26. The molecule has 1 saturated carbocycles. The van der Waals surface area contributed by atoms with E-state index in [9.17, 15) is 4.79 Å². The first-order chi connectivity index (χ1) is 9.63. The van der Waals surface area contributed by atoms with Crippen LogP contribution in [0, 0.1) is 0 Å². The molecule has 2 aromatic carbocycles. The van der Waals surface area contributed by atoms with Gasteiger partial charge in [0.1, 0.15) is 0 Å². The summed E-state index contributed by atoms with van der Waals surface area (Å²) in [6.07, 6.45) is 1.08. The Morgan fingerprint density at radius 1 is 1.10 bits per heavy atom.